The molecule has 1 aromatic carbocycles. The second-order valence-electron chi connectivity index (χ2n) is 5.97. The van der Waals surface area contributed by atoms with Crippen molar-refractivity contribution >= 4 is 17.5 Å². The summed E-state index contributed by atoms with van der Waals surface area (Å²) in [5.74, 6) is 1.17. The first kappa shape index (κ1) is 16.4. The molecule has 1 aliphatic rings. The van der Waals surface area contributed by atoms with Gasteiger partial charge in [0.2, 0.25) is 0 Å². The first-order valence-electron chi connectivity index (χ1n) is 8.35. The molecule has 2 heterocycles. The number of hydrogen-bond donors (Lipinski definition) is 1. The lowest BCUT2D eigenvalue weighted by molar-refractivity contribution is 0.102. The summed E-state index contributed by atoms with van der Waals surface area (Å²) in [6.07, 6.45) is 0. The summed E-state index contributed by atoms with van der Waals surface area (Å²) in [5.41, 5.74) is 1.59. The van der Waals surface area contributed by atoms with Crippen molar-refractivity contribution in [3.63, 3.8) is 0 Å². The van der Waals surface area contributed by atoms with Crippen LogP contribution >= 0.6 is 0 Å². The second kappa shape index (κ2) is 7.40. The molecule has 2 aromatic rings. The fraction of sp³-hybridized carbons (Fsp3) is 0.389. The Bertz CT molecular complexity index is 693. The quantitative estimate of drug-likeness (QED) is 0.933. The van der Waals surface area contributed by atoms with Crippen molar-refractivity contribution in [3.8, 4) is 0 Å². The molecule has 1 fully saturated rings. The summed E-state index contributed by atoms with van der Waals surface area (Å²) in [5, 5.41) is 11.2. The summed E-state index contributed by atoms with van der Waals surface area (Å²) in [7, 11) is 0. The lowest BCUT2D eigenvalue weighted by Gasteiger charge is -2.34. The van der Waals surface area contributed by atoms with E-state index in [0.29, 0.717) is 11.4 Å². The van der Waals surface area contributed by atoms with Crippen LogP contribution in [0.15, 0.2) is 36.4 Å². The van der Waals surface area contributed by atoms with Crippen molar-refractivity contribution in [2.75, 3.05) is 42.9 Å². The third kappa shape index (κ3) is 3.71. The number of carbonyl (C=O) groups excluding carboxylic acids is 1. The summed E-state index contributed by atoms with van der Waals surface area (Å²) >= 11 is 0. The molecule has 0 spiro atoms. The van der Waals surface area contributed by atoms with E-state index < -0.39 is 0 Å². The number of amides is 1. The second-order valence-corrected chi connectivity index (χ2v) is 5.97. The maximum atomic E-state index is 12.3. The molecule has 6 nitrogen and oxygen atoms in total. The van der Waals surface area contributed by atoms with Gasteiger partial charge in [-0.1, -0.05) is 25.1 Å². The number of piperazine rings is 1. The summed E-state index contributed by atoms with van der Waals surface area (Å²) in [6.45, 7) is 9.19. The van der Waals surface area contributed by atoms with Crippen molar-refractivity contribution in [3.05, 3.63) is 47.5 Å². The Balaban J connectivity index is 1.63. The number of hydrogen-bond acceptors (Lipinski definition) is 5. The van der Waals surface area contributed by atoms with E-state index in [0.717, 1.165) is 44.1 Å². The highest BCUT2D eigenvalue weighted by Crippen LogP contribution is 2.15. The number of carbonyl (C=O) groups is 1. The van der Waals surface area contributed by atoms with Gasteiger partial charge in [0.15, 0.2) is 11.6 Å². The molecule has 126 valence electrons. The maximum absolute atomic E-state index is 12.3. The van der Waals surface area contributed by atoms with Gasteiger partial charge < -0.3 is 15.1 Å². The summed E-state index contributed by atoms with van der Waals surface area (Å²) in [4.78, 5) is 16.9. The molecule has 0 unspecified atom stereocenters. The van der Waals surface area contributed by atoms with Crippen LogP contribution in [0.5, 0.6) is 0 Å². The van der Waals surface area contributed by atoms with Gasteiger partial charge >= 0.3 is 0 Å². The number of aryl methyl sites for hydroxylation is 1. The van der Waals surface area contributed by atoms with Crippen LogP contribution in [0.2, 0.25) is 0 Å². The van der Waals surface area contributed by atoms with Crippen molar-refractivity contribution in [2.24, 2.45) is 0 Å². The Labute approximate surface area is 142 Å². The molecule has 0 saturated carbocycles. The van der Waals surface area contributed by atoms with Crippen LogP contribution in [-0.2, 0) is 0 Å². The van der Waals surface area contributed by atoms with Gasteiger partial charge in [0.1, 0.15) is 0 Å². The van der Waals surface area contributed by atoms with E-state index in [1.165, 1.54) is 0 Å². The van der Waals surface area contributed by atoms with Gasteiger partial charge in [0, 0.05) is 31.7 Å². The Morgan fingerprint density at radius 3 is 2.46 bits per heavy atom. The van der Waals surface area contributed by atoms with Crippen LogP contribution in [0.4, 0.5) is 11.6 Å². The van der Waals surface area contributed by atoms with Gasteiger partial charge in [-0.05, 0) is 37.2 Å². The molecular formula is C18H23N5O. The molecular weight excluding hydrogens is 302 g/mol. The molecule has 24 heavy (non-hydrogen) atoms. The van der Waals surface area contributed by atoms with E-state index in [2.05, 4.69) is 32.2 Å². The molecule has 1 aromatic heterocycles. The Kier molecular flexibility index (Phi) is 5.05. The number of nitrogens with zero attached hydrogens (tertiary/aromatic N) is 4. The van der Waals surface area contributed by atoms with Gasteiger partial charge in [-0.15, -0.1) is 10.2 Å². The minimum atomic E-state index is -0.160. The molecule has 0 atom stereocenters. The van der Waals surface area contributed by atoms with Crippen LogP contribution in [0.3, 0.4) is 0 Å². The van der Waals surface area contributed by atoms with Gasteiger partial charge in [-0.25, -0.2) is 0 Å². The van der Waals surface area contributed by atoms with Gasteiger partial charge in [-0.2, -0.15) is 0 Å². The molecule has 3 rings (SSSR count). The zero-order valence-electron chi connectivity index (χ0n) is 14.2. The van der Waals surface area contributed by atoms with Crippen LogP contribution < -0.4 is 10.2 Å². The maximum Gasteiger partial charge on any atom is 0.257 e. The standard InChI is InChI=1S/C18H23N5O/c1-3-22-10-12-23(13-11-22)17-9-8-16(20-21-17)19-18(24)15-7-5-4-6-14(15)2/h4-9H,3,10-13H2,1-2H3,(H,19,20,24). The first-order valence-corrected chi connectivity index (χ1v) is 8.35. The average molecular weight is 325 g/mol. The number of anilines is 2. The minimum Gasteiger partial charge on any atom is -0.353 e. The normalized spacial score (nSPS) is 15.3. The summed E-state index contributed by atoms with van der Waals surface area (Å²) in [6, 6.07) is 11.2. The smallest absolute Gasteiger partial charge is 0.257 e. The largest absolute Gasteiger partial charge is 0.353 e. The number of nitrogens with one attached hydrogen (secondary N) is 1. The fourth-order valence-corrected chi connectivity index (χ4v) is 2.87. The van der Waals surface area contributed by atoms with E-state index in [-0.39, 0.29) is 5.91 Å². The molecule has 1 N–H and O–H groups in total. The lowest BCUT2D eigenvalue weighted by Crippen LogP contribution is -2.46. The van der Waals surface area contributed by atoms with Crippen LogP contribution in [0, 0.1) is 6.92 Å². The number of rotatable bonds is 4. The number of likely N-dealkylation sites (N-methyl/N-ethyl adjacent to an activating group) is 1. The van der Waals surface area contributed by atoms with Gasteiger partial charge in [-0.3, -0.25) is 4.79 Å². The van der Waals surface area contributed by atoms with Crippen molar-refractivity contribution in [1.29, 1.82) is 0 Å². The van der Waals surface area contributed by atoms with Crippen LogP contribution in [-0.4, -0.2) is 53.7 Å². The van der Waals surface area contributed by atoms with Gasteiger partial charge in [0.25, 0.3) is 5.91 Å². The van der Waals surface area contributed by atoms with E-state index >= 15 is 0 Å². The van der Waals surface area contributed by atoms with Crippen LogP contribution in [0.25, 0.3) is 0 Å². The van der Waals surface area contributed by atoms with Gasteiger partial charge in [0.05, 0.1) is 0 Å². The minimum absolute atomic E-state index is 0.160. The molecule has 0 bridgehead atoms. The third-order valence-electron chi connectivity index (χ3n) is 4.43. The summed E-state index contributed by atoms with van der Waals surface area (Å²) < 4.78 is 0. The average Bonchev–Trinajstić information content (AvgIpc) is 2.63. The topological polar surface area (TPSA) is 61.4 Å². The monoisotopic (exact) mass is 325 g/mol. The Morgan fingerprint density at radius 2 is 1.83 bits per heavy atom. The van der Waals surface area contributed by atoms with E-state index in [1.54, 1.807) is 6.07 Å². The van der Waals surface area contributed by atoms with Crippen molar-refractivity contribution < 1.29 is 4.79 Å². The number of aromatic nitrogens is 2. The highest BCUT2D eigenvalue weighted by molar-refractivity contribution is 6.04. The lowest BCUT2D eigenvalue weighted by atomic mass is 10.1. The van der Waals surface area contributed by atoms with Crippen molar-refractivity contribution in [1.82, 2.24) is 15.1 Å². The number of benzene rings is 1. The fourth-order valence-electron chi connectivity index (χ4n) is 2.87. The Morgan fingerprint density at radius 1 is 1.08 bits per heavy atom. The van der Waals surface area contributed by atoms with E-state index in [9.17, 15) is 4.79 Å². The van der Waals surface area contributed by atoms with Crippen LogP contribution in [0.1, 0.15) is 22.8 Å². The SMILES string of the molecule is CCN1CCN(c2ccc(NC(=O)c3ccccc3C)nn2)CC1. The predicted molar refractivity (Wildman–Crippen MR) is 95.5 cm³/mol. The third-order valence-corrected chi connectivity index (χ3v) is 4.43. The Hall–Kier alpha value is -2.47. The molecule has 0 aliphatic carbocycles. The van der Waals surface area contributed by atoms with E-state index in [4.69, 9.17) is 0 Å². The molecule has 6 heteroatoms. The van der Waals surface area contributed by atoms with E-state index in [1.807, 2.05) is 37.3 Å². The molecule has 1 saturated heterocycles. The molecule has 1 aliphatic heterocycles. The first-order chi connectivity index (χ1) is 11.7. The highest BCUT2D eigenvalue weighted by atomic mass is 16.1. The highest BCUT2D eigenvalue weighted by Gasteiger charge is 2.17. The van der Waals surface area contributed by atoms with Crippen molar-refractivity contribution in [2.45, 2.75) is 13.8 Å². The molecule has 1 amide bonds. The predicted octanol–water partition coefficient (Wildman–Crippen LogP) is 2.18. The molecule has 0 radical (unpaired) electrons. The zero-order valence-corrected chi connectivity index (χ0v) is 14.2. The zero-order chi connectivity index (χ0) is 16.9.